The van der Waals surface area contributed by atoms with Gasteiger partial charge in [-0.05, 0) is 18.6 Å². The van der Waals surface area contributed by atoms with Crippen molar-refractivity contribution in [1.82, 2.24) is 0 Å². The van der Waals surface area contributed by atoms with Gasteiger partial charge < -0.3 is 10.2 Å². The zero-order valence-corrected chi connectivity index (χ0v) is 11.8. The van der Waals surface area contributed by atoms with Crippen LogP contribution in [0.3, 0.4) is 0 Å². The number of thioether (sulfide) groups is 1. The molecule has 0 bridgehead atoms. The van der Waals surface area contributed by atoms with Crippen LogP contribution in [0.1, 0.15) is 30.6 Å². The van der Waals surface area contributed by atoms with Crippen molar-refractivity contribution in [3.8, 4) is 0 Å². The SMILES string of the molecule is CC(=O)SCCC(O)C(O)c1ccc(C(F)(F)F)cc1F. The van der Waals surface area contributed by atoms with Crippen molar-refractivity contribution in [3.05, 3.63) is 35.1 Å². The molecule has 0 saturated carbocycles. The van der Waals surface area contributed by atoms with E-state index in [1.165, 1.54) is 6.92 Å². The molecule has 118 valence electrons. The van der Waals surface area contributed by atoms with Gasteiger partial charge in [-0.1, -0.05) is 17.8 Å². The molecule has 0 aliphatic heterocycles. The van der Waals surface area contributed by atoms with E-state index in [2.05, 4.69) is 0 Å². The summed E-state index contributed by atoms with van der Waals surface area (Å²) in [4.78, 5) is 10.7. The molecule has 0 amide bonds. The standard InChI is InChI=1S/C13H14F4O3S/c1-7(18)21-5-4-11(19)12(20)9-3-2-8(6-10(9)14)13(15,16)17/h2-3,6,11-12,19-20H,4-5H2,1H3. The molecule has 21 heavy (non-hydrogen) atoms. The Bertz CT molecular complexity index is 505. The molecule has 2 unspecified atom stereocenters. The highest BCUT2D eigenvalue weighted by molar-refractivity contribution is 8.13. The highest BCUT2D eigenvalue weighted by Crippen LogP contribution is 2.32. The zero-order valence-electron chi connectivity index (χ0n) is 11.0. The average molecular weight is 326 g/mol. The normalized spacial score (nSPS) is 14.8. The summed E-state index contributed by atoms with van der Waals surface area (Å²) in [5.74, 6) is -1.02. The van der Waals surface area contributed by atoms with Crippen LogP contribution in [-0.2, 0) is 11.0 Å². The minimum atomic E-state index is -4.68. The van der Waals surface area contributed by atoms with Gasteiger partial charge in [0.1, 0.15) is 11.9 Å². The number of aliphatic hydroxyl groups is 2. The fourth-order valence-electron chi connectivity index (χ4n) is 1.63. The summed E-state index contributed by atoms with van der Waals surface area (Å²) in [6.45, 7) is 1.34. The van der Waals surface area contributed by atoms with Crippen molar-refractivity contribution in [1.29, 1.82) is 0 Å². The Morgan fingerprint density at radius 3 is 2.43 bits per heavy atom. The minimum absolute atomic E-state index is 0.00583. The minimum Gasteiger partial charge on any atom is -0.390 e. The molecule has 0 aromatic heterocycles. The molecule has 0 spiro atoms. The maximum atomic E-state index is 13.6. The van der Waals surface area contributed by atoms with Crippen LogP contribution in [0, 0.1) is 5.82 Å². The molecule has 0 saturated heterocycles. The molecule has 3 nitrogen and oxygen atoms in total. The Kier molecular flexibility index (Phi) is 6.18. The lowest BCUT2D eigenvalue weighted by Gasteiger charge is -2.19. The summed E-state index contributed by atoms with van der Waals surface area (Å²) >= 11 is 0.930. The zero-order chi connectivity index (χ0) is 16.2. The van der Waals surface area contributed by atoms with E-state index >= 15 is 0 Å². The van der Waals surface area contributed by atoms with Crippen LogP contribution in [0.15, 0.2) is 18.2 Å². The van der Waals surface area contributed by atoms with Crippen LogP contribution in [0.25, 0.3) is 0 Å². The fraction of sp³-hybridized carbons (Fsp3) is 0.462. The van der Waals surface area contributed by atoms with Gasteiger partial charge in [-0.3, -0.25) is 4.79 Å². The van der Waals surface area contributed by atoms with Crippen molar-refractivity contribution in [2.24, 2.45) is 0 Å². The number of carbonyl (C=O) groups is 1. The first-order valence-corrected chi connectivity index (χ1v) is 6.97. The van der Waals surface area contributed by atoms with Crippen molar-refractivity contribution in [2.45, 2.75) is 31.7 Å². The average Bonchev–Trinajstić information content (AvgIpc) is 2.36. The molecule has 0 aliphatic rings. The van der Waals surface area contributed by atoms with Gasteiger partial charge in [-0.15, -0.1) is 0 Å². The third-order valence-electron chi connectivity index (χ3n) is 2.73. The number of rotatable bonds is 5. The number of aliphatic hydroxyl groups excluding tert-OH is 2. The summed E-state index contributed by atoms with van der Waals surface area (Å²) in [5.41, 5.74) is -1.58. The summed E-state index contributed by atoms with van der Waals surface area (Å²) in [5, 5.41) is 19.3. The van der Waals surface area contributed by atoms with Crippen molar-refractivity contribution in [3.63, 3.8) is 0 Å². The molecule has 1 rings (SSSR count). The number of hydrogen-bond donors (Lipinski definition) is 2. The van der Waals surface area contributed by atoms with Gasteiger partial charge in [0.05, 0.1) is 11.7 Å². The summed E-state index contributed by atoms with van der Waals surface area (Å²) < 4.78 is 50.8. The second-order valence-corrected chi connectivity index (χ2v) is 5.65. The molecular formula is C13H14F4O3S. The second-order valence-electron chi connectivity index (χ2n) is 4.37. The molecule has 0 aliphatic carbocycles. The molecule has 0 heterocycles. The summed E-state index contributed by atoms with van der Waals surface area (Å²) in [7, 11) is 0. The first-order chi connectivity index (χ1) is 9.62. The first kappa shape index (κ1) is 17.9. The quantitative estimate of drug-likeness (QED) is 0.817. The molecule has 2 atom stereocenters. The Balaban J connectivity index is 2.78. The molecule has 1 aromatic rings. The molecule has 8 heteroatoms. The predicted molar refractivity (Wildman–Crippen MR) is 70.1 cm³/mol. The smallest absolute Gasteiger partial charge is 0.390 e. The number of hydrogen-bond acceptors (Lipinski definition) is 4. The molecule has 1 aromatic carbocycles. The van der Waals surface area contributed by atoms with E-state index in [1.807, 2.05) is 0 Å². The molecular weight excluding hydrogens is 312 g/mol. The van der Waals surface area contributed by atoms with Gasteiger partial charge in [0.25, 0.3) is 0 Å². The van der Waals surface area contributed by atoms with Gasteiger partial charge in [0, 0.05) is 18.2 Å². The van der Waals surface area contributed by atoms with E-state index in [1.54, 1.807) is 0 Å². The Morgan fingerprint density at radius 1 is 1.33 bits per heavy atom. The number of benzene rings is 1. The van der Waals surface area contributed by atoms with Crippen molar-refractivity contribution in [2.75, 3.05) is 5.75 Å². The lowest BCUT2D eigenvalue weighted by molar-refractivity contribution is -0.137. The molecule has 0 radical (unpaired) electrons. The highest BCUT2D eigenvalue weighted by atomic mass is 32.2. The van der Waals surface area contributed by atoms with E-state index in [9.17, 15) is 32.6 Å². The van der Waals surface area contributed by atoms with Crippen LogP contribution in [0.2, 0.25) is 0 Å². The van der Waals surface area contributed by atoms with Gasteiger partial charge in [0.15, 0.2) is 5.12 Å². The Hall–Kier alpha value is -1.12. The van der Waals surface area contributed by atoms with E-state index in [-0.39, 0.29) is 23.4 Å². The van der Waals surface area contributed by atoms with E-state index in [0.29, 0.717) is 6.07 Å². The van der Waals surface area contributed by atoms with Crippen molar-refractivity contribution >= 4 is 16.9 Å². The maximum Gasteiger partial charge on any atom is 0.416 e. The van der Waals surface area contributed by atoms with E-state index in [0.717, 1.165) is 17.8 Å². The van der Waals surface area contributed by atoms with E-state index in [4.69, 9.17) is 0 Å². The largest absolute Gasteiger partial charge is 0.416 e. The van der Waals surface area contributed by atoms with Crippen LogP contribution in [0.4, 0.5) is 17.6 Å². The topological polar surface area (TPSA) is 57.5 Å². The van der Waals surface area contributed by atoms with Crippen LogP contribution < -0.4 is 0 Å². The van der Waals surface area contributed by atoms with Crippen LogP contribution in [0.5, 0.6) is 0 Å². The first-order valence-electron chi connectivity index (χ1n) is 5.99. The third kappa shape index (κ3) is 5.29. The van der Waals surface area contributed by atoms with Gasteiger partial charge in [-0.2, -0.15) is 13.2 Å². The highest BCUT2D eigenvalue weighted by Gasteiger charge is 2.32. The van der Waals surface area contributed by atoms with Crippen LogP contribution >= 0.6 is 11.8 Å². The second kappa shape index (κ2) is 7.24. The van der Waals surface area contributed by atoms with Gasteiger partial charge in [-0.25, -0.2) is 4.39 Å². The number of alkyl halides is 3. The fourth-order valence-corrected chi connectivity index (χ4v) is 2.28. The molecule has 2 N–H and O–H groups in total. The number of halogens is 4. The number of carbonyl (C=O) groups excluding carboxylic acids is 1. The van der Waals surface area contributed by atoms with Crippen LogP contribution in [-0.4, -0.2) is 27.2 Å². The Morgan fingerprint density at radius 2 is 1.95 bits per heavy atom. The van der Waals surface area contributed by atoms with E-state index < -0.39 is 35.3 Å². The monoisotopic (exact) mass is 326 g/mol. The third-order valence-corrected chi connectivity index (χ3v) is 3.58. The Labute approximate surface area is 123 Å². The predicted octanol–water partition coefficient (Wildman–Crippen LogP) is 2.91. The van der Waals surface area contributed by atoms with Crippen molar-refractivity contribution < 1.29 is 32.6 Å². The summed E-state index contributed by atoms with van der Waals surface area (Å²) in [6.07, 6.45) is -7.70. The maximum absolute atomic E-state index is 13.6. The van der Waals surface area contributed by atoms with Gasteiger partial charge in [0.2, 0.25) is 0 Å². The lowest BCUT2D eigenvalue weighted by Crippen LogP contribution is -2.20. The molecule has 0 fully saturated rings. The van der Waals surface area contributed by atoms with Gasteiger partial charge >= 0.3 is 6.18 Å². The summed E-state index contributed by atoms with van der Waals surface area (Å²) in [6, 6.07) is 1.71. The lowest BCUT2D eigenvalue weighted by atomic mass is 10.0.